The lowest BCUT2D eigenvalue weighted by Crippen LogP contribution is -2.25. The molecule has 4 rings (SSSR count). The van der Waals surface area contributed by atoms with E-state index in [0.29, 0.717) is 12.8 Å². The number of carbonyl (C=O) groups is 2. The minimum absolute atomic E-state index is 0.00992. The fraction of sp³-hybridized carbons (Fsp3) is 0.583. The molecular formula is C24H28F3N3O6. The van der Waals surface area contributed by atoms with Crippen molar-refractivity contribution in [2.75, 3.05) is 6.79 Å². The standard InChI is InChI=1S/C24H28F3N3O6/c25-24(26,27)36-19-12-8-16(9-13-19)15-6-10-18(11-7-15)35-21-20(28-30-29-21)23(32)34-14-33-22(31)17-4-2-1-3-5-17/h8-9,12-13,15,17-18H,1-7,10-11,14H2,(H,28,29,30)/t15-,18-. The fourth-order valence-corrected chi connectivity index (χ4v) is 4.72. The molecule has 12 heteroatoms. The maximum absolute atomic E-state index is 12.4. The Morgan fingerprint density at radius 1 is 0.944 bits per heavy atom. The largest absolute Gasteiger partial charge is 0.573 e. The van der Waals surface area contributed by atoms with Crippen molar-refractivity contribution >= 4 is 11.9 Å². The van der Waals surface area contributed by atoms with Crippen LogP contribution in [0, 0.1) is 5.92 Å². The van der Waals surface area contributed by atoms with Crippen LogP contribution in [0.2, 0.25) is 0 Å². The van der Waals surface area contributed by atoms with Crippen molar-refractivity contribution in [1.82, 2.24) is 15.4 Å². The van der Waals surface area contributed by atoms with E-state index in [4.69, 9.17) is 14.2 Å². The van der Waals surface area contributed by atoms with Gasteiger partial charge in [-0.2, -0.15) is 0 Å². The molecule has 2 aliphatic rings. The number of hydrogen-bond acceptors (Lipinski definition) is 8. The highest BCUT2D eigenvalue weighted by atomic mass is 19.4. The summed E-state index contributed by atoms with van der Waals surface area (Å²) in [6.45, 7) is -0.496. The van der Waals surface area contributed by atoms with Gasteiger partial charge in [0.2, 0.25) is 12.5 Å². The van der Waals surface area contributed by atoms with Gasteiger partial charge in [-0.15, -0.1) is 13.2 Å². The Balaban J connectivity index is 1.22. The first kappa shape index (κ1) is 25.8. The molecule has 0 atom stereocenters. The maximum Gasteiger partial charge on any atom is 0.573 e. The van der Waals surface area contributed by atoms with Gasteiger partial charge in [-0.3, -0.25) is 4.79 Å². The van der Waals surface area contributed by atoms with Crippen molar-refractivity contribution in [2.45, 2.75) is 76.2 Å². The molecule has 0 radical (unpaired) electrons. The molecule has 2 saturated carbocycles. The number of halogens is 3. The SMILES string of the molecule is O=C(OCOC(=O)C1CCCCC1)c1[nH]nnc1O[C@H]1CC[C@H](c2ccc(OC(F)(F)F)cc2)CC1. The lowest BCUT2D eigenvalue weighted by molar-refractivity contribution is -0.274. The average Bonchev–Trinajstić information content (AvgIpc) is 3.33. The molecule has 1 aromatic heterocycles. The van der Waals surface area contributed by atoms with E-state index in [1.54, 1.807) is 12.1 Å². The van der Waals surface area contributed by atoms with Gasteiger partial charge in [0.15, 0.2) is 0 Å². The number of carbonyl (C=O) groups excluding carboxylic acids is 2. The molecule has 9 nitrogen and oxygen atoms in total. The van der Waals surface area contributed by atoms with E-state index in [1.165, 1.54) is 12.1 Å². The Morgan fingerprint density at radius 3 is 2.31 bits per heavy atom. The Morgan fingerprint density at radius 2 is 1.64 bits per heavy atom. The molecule has 0 unspecified atom stereocenters. The number of nitrogens with zero attached hydrogens (tertiary/aromatic N) is 2. The van der Waals surface area contributed by atoms with Crippen molar-refractivity contribution < 1.29 is 41.7 Å². The first-order chi connectivity index (χ1) is 17.3. The third kappa shape index (κ3) is 7.11. The molecular weight excluding hydrogens is 483 g/mol. The van der Waals surface area contributed by atoms with Gasteiger partial charge in [0.05, 0.1) is 5.92 Å². The van der Waals surface area contributed by atoms with Gasteiger partial charge in [-0.25, -0.2) is 9.89 Å². The summed E-state index contributed by atoms with van der Waals surface area (Å²) in [7, 11) is 0. The average molecular weight is 511 g/mol. The maximum atomic E-state index is 12.4. The van der Waals surface area contributed by atoms with Crippen molar-refractivity contribution in [3.8, 4) is 11.6 Å². The number of aromatic nitrogens is 3. The quantitative estimate of drug-likeness (QED) is 0.387. The second-order valence-electron chi connectivity index (χ2n) is 9.05. The molecule has 0 spiro atoms. The highest BCUT2D eigenvalue weighted by molar-refractivity contribution is 5.89. The number of alkyl halides is 3. The van der Waals surface area contributed by atoms with Crippen LogP contribution in [0.25, 0.3) is 0 Å². The van der Waals surface area contributed by atoms with Crippen LogP contribution < -0.4 is 9.47 Å². The van der Waals surface area contributed by atoms with E-state index >= 15 is 0 Å². The zero-order valence-corrected chi connectivity index (χ0v) is 19.6. The number of ether oxygens (including phenoxy) is 4. The number of benzene rings is 1. The summed E-state index contributed by atoms with van der Waals surface area (Å²) in [6, 6.07) is 5.90. The van der Waals surface area contributed by atoms with E-state index in [-0.39, 0.29) is 41.2 Å². The van der Waals surface area contributed by atoms with Gasteiger partial charge in [0.1, 0.15) is 11.9 Å². The second kappa shape index (κ2) is 11.6. The van der Waals surface area contributed by atoms with Crippen molar-refractivity contribution in [3.63, 3.8) is 0 Å². The number of H-pyrrole nitrogens is 1. The smallest absolute Gasteiger partial charge is 0.472 e. The van der Waals surface area contributed by atoms with E-state index in [0.717, 1.165) is 50.5 Å². The lowest BCUT2D eigenvalue weighted by Gasteiger charge is -2.28. The molecule has 196 valence electrons. The topological polar surface area (TPSA) is 113 Å². The Labute approximate surface area is 205 Å². The number of nitrogens with one attached hydrogen (secondary N) is 1. The molecule has 2 aromatic rings. The highest BCUT2D eigenvalue weighted by Gasteiger charge is 2.31. The summed E-state index contributed by atoms with van der Waals surface area (Å²) in [4.78, 5) is 24.5. The van der Waals surface area contributed by atoms with Crippen LogP contribution in [-0.2, 0) is 14.3 Å². The van der Waals surface area contributed by atoms with Crippen LogP contribution in [0.5, 0.6) is 11.6 Å². The van der Waals surface area contributed by atoms with Gasteiger partial charge in [0, 0.05) is 0 Å². The lowest BCUT2D eigenvalue weighted by atomic mass is 9.83. The fourth-order valence-electron chi connectivity index (χ4n) is 4.72. The van der Waals surface area contributed by atoms with Crippen LogP contribution in [-0.4, -0.2) is 46.6 Å². The van der Waals surface area contributed by atoms with Gasteiger partial charge >= 0.3 is 18.3 Å². The first-order valence-electron chi connectivity index (χ1n) is 12.1. The summed E-state index contributed by atoms with van der Waals surface area (Å²) in [5.41, 5.74) is 0.863. The van der Waals surface area contributed by atoms with E-state index < -0.39 is 19.1 Å². The number of aromatic amines is 1. The molecule has 0 aliphatic heterocycles. The van der Waals surface area contributed by atoms with Crippen molar-refractivity contribution in [1.29, 1.82) is 0 Å². The minimum Gasteiger partial charge on any atom is -0.472 e. The molecule has 2 fully saturated rings. The van der Waals surface area contributed by atoms with Crippen LogP contribution in [0.1, 0.15) is 79.8 Å². The van der Waals surface area contributed by atoms with E-state index in [2.05, 4.69) is 20.1 Å². The van der Waals surface area contributed by atoms with Gasteiger partial charge in [-0.05, 0) is 62.1 Å². The summed E-state index contributed by atoms with van der Waals surface area (Å²) in [5.74, 6) is -1.37. The predicted octanol–water partition coefficient (Wildman–Crippen LogP) is 5.05. The second-order valence-corrected chi connectivity index (χ2v) is 9.05. The summed E-state index contributed by atoms with van der Waals surface area (Å²) in [5, 5.41) is 9.90. The molecule has 1 heterocycles. The Bertz CT molecular complexity index is 1010. The van der Waals surface area contributed by atoms with E-state index in [1.807, 2.05) is 0 Å². The monoisotopic (exact) mass is 511 g/mol. The van der Waals surface area contributed by atoms with E-state index in [9.17, 15) is 22.8 Å². The normalized spacial score (nSPS) is 21.0. The Hall–Kier alpha value is -3.31. The van der Waals surface area contributed by atoms with Crippen LogP contribution in [0.15, 0.2) is 24.3 Å². The highest BCUT2D eigenvalue weighted by Crippen LogP contribution is 2.36. The minimum atomic E-state index is -4.72. The molecule has 36 heavy (non-hydrogen) atoms. The van der Waals surface area contributed by atoms with Crippen LogP contribution >= 0.6 is 0 Å². The third-order valence-electron chi connectivity index (χ3n) is 6.59. The number of rotatable bonds is 8. The summed E-state index contributed by atoms with van der Waals surface area (Å²) < 4.78 is 56.9. The molecule has 2 aliphatic carbocycles. The molecule has 0 bridgehead atoms. The third-order valence-corrected chi connectivity index (χ3v) is 6.59. The van der Waals surface area contributed by atoms with Crippen LogP contribution in [0.3, 0.4) is 0 Å². The molecule has 1 N–H and O–H groups in total. The van der Waals surface area contributed by atoms with Gasteiger partial charge in [0.25, 0.3) is 5.88 Å². The zero-order valence-electron chi connectivity index (χ0n) is 19.6. The number of esters is 2. The summed E-state index contributed by atoms with van der Waals surface area (Å²) >= 11 is 0. The van der Waals surface area contributed by atoms with Gasteiger partial charge in [-0.1, -0.05) is 41.7 Å². The molecule has 0 amide bonds. The molecule has 0 saturated heterocycles. The zero-order chi connectivity index (χ0) is 25.5. The van der Waals surface area contributed by atoms with Gasteiger partial charge < -0.3 is 18.9 Å². The predicted molar refractivity (Wildman–Crippen MR) is 118 cm³/mol. The first-order valence-corrected chi connectivity index (χ1v) is 12.1. The molecule has 1 aromatic carbocycles. The Kier molecular flexibility index (Phi) is 8.32. The van der Waals surface area contributed by atoms with Crippen LogP contribution in [0.4, 0.5) is 13.2 Å². The summed E-state index contributed by atoms with van der Waals surface area (Å²) in [6.07, 6.45) is 2.55. The van der Waals surface area contributed by atoms with Crippen molar-refractivity contribution in [2.24, 2.45) is 5.92 Å². The van der Waals surface area contributed by atoms with Crippen molar-refractivity contribution in [3.05, 3.63) is 35.5 Å². The number of hydrogen-bond donors (Lipinski definition) is 1.